The summed E-state index contributed by atoms with van der Waals surface area (Å²) in [5, 5.41) is 0. The molecule has 5 aliphatic rings. The Hall–Kier alpha value is -2.70. The lowest BCUT2D eigenvalue weighted by molar-refractivity contribution is -0.133. The summed E-state index contributed by atoms with van der Waals surface area (Å²) in [4.78, 5) is 28.0. The zero-order chi connectivity index (χ0) is 29.5. The zero-order valence-electron chi connectivity index (χ0n) is 25.8. The molecule has 42 heavy (non-hydrogen) atoms. The number of carbonyl (C=O) groups is 2. The van der Waals surface area contributed by atoms with E-state index in [-0.39, 0.29) is 18.0 Å². The van der Waals surface area contributed by atoms with E-state index in [1.807, 2.05) is 17.0 Å². The Balaban J connectivity index is 1.19. The second kappa shape index (κ2) is 11.8. The SMILES string of the molecule is CCCC(c1cccc(OCC[C@]23C=CC4=C5CCC6(C=C5CCC4C2CCC3=O)OCCO6)c1)N(C(C)=O)C(C)C. The number of allylic oxidation sites excluding steroid dienone is 5. The van der Waals surface area contributed by atoms with Crippen LogP contribution in [-0.4, -0.2) is 48.2 Å². The molecule has 6 rings (SSSR count). The largest absolute Gasteiger partial charge is 0.494 e. The van der Waals surface area contributed by atoms with Gasteiger partial charge in [-0.05, 0) is 105 Å². The van der Waals surface area contributed by atoms with E-state index >= 15 is 0 Å². The first-order valence-corrected chi connectivity index (χ1v) is 16.2. The van der Waals surface area contributed by atoms with Gasteiger partial charge in [-0.3, -0.25) is 9.59 Å². The summed E-state index contributed by atoms with van der Waals surface area (Å²) in [6.45, 7) is 9.80. The number of Topliss-reactive ketones (excluding diaryl/α,β-unsaturated/α-hetero) is 1. The summed E-state index contributed by atoms with van der Waals surface area (Å²) in [6, 6.07) is 8.35. The first-order valence-electron chi connectivity index (χ1n) is 16.2. The average molecular weight is 574 g/mol. The van der Waals surface area contributed by atoms with Gasteiger partial charge in [-0.2, -0.15) is 0 Å². The first kappa shape index (κ1) is 29.4. The van der Waals surface area contributed by atoms with Crippen LogP contribution in [0, 0.1) is 17.3 Å². The summed E-state index contributed by atoms with van der Waals surface area (Å²) in [5.41, 5.74) is 4.98. The number of ketones is 1. The van der Waals surface area contributed by atoms with Gasteiger partial charge in [0.1, 0.15) is 11.5 Å². The van der Waals surface area contributed by atoms with Crippen molar-refractivity contribution in [2.45, 2.75) is 103 Å². The fraction of sp³-hybridized carbons (Fsp3) is 0.611. The number of benzene rings is 1. The Kier molecular flexibility index (Phi) is 8.23. The van der Waals surface area contributed by atoms with Crippen LogP contribution in [0.1, 0.15) is 97.1 Å². The molecular formula is C36H47NO5. The van der Waals surface area contributed by atoms with Gasteiger partial charge in [-0.1, -0.05) is 37.6 Å². The maximum Gasteiger partial charge on any atom is 0.220 e. The Morgan fingerprint density at radius 3 is 2.69 bits per heavy atom. The standard InChI is InChI=1S/C36H47NO5/c1-5-7-33(37(24(2)3)25(4)38)26-8-6-9-28(22-26)40-19-18-35-16-14-30-29-15-17-36(41-20-21-42-36)23-27(29)10-11-31(30)32(35)12-13-34(35)39/h6,8-9,14,16,22-24,31-33H,5,7,10-13,15,17-21H2,1-4H3/t31?,32?,33?,35-/m1/s1. The van der Waals surface area contributed by atoms with E-state index in [9.17, 15) is 9.59 Å². The second-order valence-corrected chi connectivity index (χ2v) is 13.2. The van der Waals surface area contributed by atoms with Crippen molar-refractivity contribution in [1.29, 1.82) is 0 Å². The molecule has 3 unspecified atom stereocenters. The molecule has 4 atom stereocenters. The summed E-state index contributed by atoms with van der Waals surface area (Å²) in [6.07, 6.45) is 15.0. The molecule has 226 valence electrons. The monoisotopic (exact) mass is 573 g/mol. The Morgan fingerprint density at radius 1 is 1.14 bits per heavy atom. The minimum Gasteiger partial charge on any atom is -0.494 e. The molecule has 0 bridgehead atoms. The maximum atomic E-state index is 13.5. The minimum absolute atomic E-state index is 0.0230. The molecule has 0 N–H and O–H groups in total. The Bertz CT molecular complexity index is 1300. The van der Waals surface area contributed by atoms with Gasteiger partial charge < -0.3 is 19.1 Å². The van der Waals surface area contributed by atoms with Gasteiger partial charge in [0.05, 0.1) is 31.3 Å². The van der Waals surface area contributed by atoms with E-state index in [1.54, 1.807) is 6.92 Å². The highest BCUT2D eigenvalue weighted by Gasteiger charge is 2.54. The van der Waals surface area contributed by atoms with Crippen LogP contribution in [0.25, 0.3) is 0 Å². The average Bonchev–Trinajstić information content (AvgIpc) is 3.56. The normalized spacial score (nSPS) is 28.4. The number of amides is 1. The third kappa shape index (κ3) is 5.19. The number of ether oxygens (including phenoxy) is 3. The first-order chi connectivity index (χ1) is 20.3. The van der Waals surface area contributed by atoms with Crippen molar-refractivity contribution in [2.24, 2.45) is 17.3 Å². The van der Waals surface area contributed by atoms with Gasteiger partial charge in [-0.25, -0.2) is 0 Å². The van der Waals surface area contributed by atoms with E-state index in [1.165, 1.54) is 16.7 Å². The Labute approximate surface area is 251 Å². The smallest absolute Gasteiger partial charge is 0.220 e. The van der Waals surface area contributed by atoms with Crippen molar-refractivity contribution in [3.05, 3.63) is 64.8 Å². The van der Waals surface area contributed by atoms with Crippen molar-refractivity contribution < 1.29 is 23.8 Å². The summed E-state index contributed by atoms with van der Waals surface area (Å²) < 4.78 is 18.4. The lowest BCUT2D eigenvalue weighted by Gasteiger charge is -2.45. The third-order valence-electron chi connectivity index (χ3n) is 10.5. The van der Waals surface area contributed by atoms with Gasteiger partial charge in [-0.15, -0.1) is 0 Å². The predicted octanol–water partition coefficient (Wildman–Crippen LogP) is 7.26. The molecule has 6 heteroatoms. The van der Waals surface area contributed by atoms with Crippen LogP contribution in [0.2, 0.25) is 0 Å². The molecule has 1 spiro atoms. The fourth-order valence-corrected chi connectivity index (χ4v) is 8.71. The molecule has 6 nitrogen and oxygen atoms in total. The van der Waals surface area contributed by atoms with Gasteiger partial charge in [0.25, 0.3) is 0 Å². The molecule has 1 aromatic rings. The second-order valence-electron chi connectivity index (χ2n) is 13.2. The molecule has 0 radical (unpaired) electrons. The van der Waals surface area contributed by atoms with Gasteiger partial charge >= 0.3 is 0 Å². The lowest BCUT2D eigenvalue weighted by atomic mass is 9.59. The Morgan fingerprint density at radius 2 is 1.95 bits per heavy atom. The predicted molar refractivity (Wildman–Crippen MR) is 163 cm³/mol. The van der Waals surface area contributed by atoms with E-state index in [0.29, 0.717) is 50.3 Å². The number of carbonyl (C=O) groups excluding carboxylic acids is 2. The highest BCUT2D eigenvalue weighted by molar-refractivity contribution is 5.90. The highest BCUT2D eigenvalue weighted by Crippen LogP contribution is 2.58. The van der Waals surface area contributed by atoms with Crippen LogP contribution in [0.3, 0.4) is 0 Å². The topological polar surface area (TPSA) is 65.1 Å². The van der Waals surface area contributed by atoms with E-state index in [4.69, 9.17) is 14.2 Å². The van der Waals surface area contributed by atoms with Crippen molar-refractivity contribution in [3.8, 4) is 5.75 Å². The van der Waals surface area contributed by atoms with Gasteiger partial charge in [0, 0.05) is 25.8 Å². The van der Waals surface area contributed by atoms with E-state index < -0.39 is 11.2 Å². The molecule has 2 fully saturated rings. The van der Waals surface area contributed by atoms with Crippen molar-refractivity contribution in [3.63, 3.8) is 0 Å². The molecule has 1 aromatic carbocycles. The summed E-state index contributed by atoms with van der Waals surface area (Å²) >= 11 is 0. The van der Waals surface area contributed by atoms with Crippen LogP contribution in [0.4, 0.5) is 0 Å². The molecule has 1 saturated carbocycles. The van der Waals surface area contributed by atoms with Crippen molar-refractivity contribution >= 4 is 11.7 Å². The molecule has 1 saturated heterocycles. The van der Waals surface area contributed by atoms with Crippen LogP contribution in [-0.2, 0) is 19.1 Å². The van der Waals surface area contributed by atoms with Crippen molar-refractivity contribution in [1.82, 2.24) is 4.90 Å². The lowest BCUT2D eigenvalue weighted by Crippen LogP contribution is -2.41. The van der Waals surface area contributed by atoms with E-state index in [0.717, 1.165) is 56.3 Å². The van der Waals surface area contributed by atoms with Crippen LogP contribution in [0.15, 0.2) is 59.2 Å². The summed E-state index contributed by atoms with van der Waals surface area (Å²) in [7, 11) is 0. The quantitative estimate of drug-likeness (QED) is 0.311. The molecular weight excluding hydrogens is 526 g/mol. The molecule has 1 aliphatic heterocycles. The fourth-order valence-electron chi connectivity index (χ4n) is 8.71. The molecule has 0 aromatic heterocycles. The molecule has 1 amide bonds. The number of hydrogen-bond acceptors (Lipinski definition) is 5. The van der Waals surface area contributed by atoms with Crippen molar-refractivity contribution in [2.75, 3.05) is 19.8 Å². The molecule has 4 aliphatic carbocycles. The highest BCUT2D eigenvalue weighted by atomic mass is 16.7. The van der Waals surface area contributed by atoms with Crippen LogP contribution in [0.5, 0.6) is 5.75 Å². The number of nitrogens with zero attached hydrogens (tertiary/aromatic N) is 1. The maximum absolute atomic E-state index is 13.5. The van der Waals surface area contributed by atoms with Gasteiger partial charge in [0.15, 0.2) is 5.79 Å². The van der Waals surface area contributed by atoms with E-state index in [2.05, 4.69) is 51.1 Å². The summed E-state index contributed by atoms with van der Waals surface area (Å²) in [5.74, 6) is 1.53. The van der Waals surface area contributed by atoms with Gasteiger partial charge in [0.2, 0.25) is 5.91 Å². The van der Waals surface area contributed by atoms with Crippen LogP contribution < -0.4 is 4.74 Å². The zero-order valence-corrected chi connectivity index (χ0v) is 25.8. The number of hydrogen-bond donors (Lipinski definition) is 0. The molecule has 1 heterocycles. The van der Waals surface area contributed by atoms with Crippen LogP contribution >= 0.6 is 0 Å². The minimum atomic E-state index is -0.512. The number of rotatable bonds is 9. The number of fused-ring (bicyclic) bond motifs is 4. The third-order valence-corrected chi connectivity index (χ3v) is 10.5.